The van der Waals surface area contributed by atoms with Gasteiger partial charge in [0.15, 0.2) is 0 Å². The van der Waals surface area contributed by atoms with Crippen LogP contribution < -0.4 is 5.32 Å². The van der Waals surface area contributed by atoms with E-state index < -0.39 is 0 Å². The smallest absolute Gasteiger partial charge is 0.262 e. The molecule has 1 aromatic carbocycles. The second kappa shape index (κ2) is 7.22. The first-order valence-electron chi connectivity index (χ1n) is 8.32. The van der Waals surface area contributed by atoms with Crippen LogP contribution in [0.4, 0.5) is 0 Å². The van der Waals surface area contributed by atoms with Crippen LogP contribution in [-0.4, -0.2) is 21.9 Å². The standard InChI is InChI=1S/C19H20N4O/c1-13-6-2-3-7-16(13)23-19(24)14(11-20)10-15-12-21-17-8-4-5-9-18(17)22-15/h4-5,8-10,12-13,16H,2-3,6-7H2,1H3,(H,23,24)/b14-10+/t13-,16+/m0/s1. The van der Waals surface area contributed by atoms with Gasteiger partial charge in [0.2, 0.25) is 0 Å². The highest BCUT2D eigenvalue weighted by molar-refractivity contribution is 6.01. The van der Waals surface area contributed by atoms with E-state index >= 15 is 0 Å². The van der Waals surface area contributed by atoms with Crippen LogP contribution in [0.1, 0.15) is 38.3 Å². The number of aromatic nitrogens is 2. The molecule has 1 fully saturated rings. The molecule has 0 aliphatic heterocycles. The predicted molar refractivity (Wildman–Crippen MR) is 92.7 cm³/mol. The van der Waals surface area contributed by atoms with E-state index in [4.69, 9.17) is 0 Å². The average Bonchev–Trinajstić information content (AvgIpc) is 2.61. The Kier molecular flexibility index (Phi) is 4.85. The van der Waals surface area contributed by atoms with Crippen molar-refractivity contribution in [3.05, 3.63) is 41.7 Å². The topological polar surface area (TPSA) is 78.7 Å². The molecule has 1 aromatic heterocycles. The SMILES string of the molecule is C[C@H]1CCCC[C@H]1NC(=O)/C(C#N)=C/c1cnc2ccccc2n1. The normalized spacial score (nSPS) is 21.2. The van der Waals surface area contributed by atoms with E-state index in [-0.39, 0.29) is 17.5 Å². The Hall–Kier alpha value is -2.74. The van der Waals surface area contributed by atoms with Crippen LogP contribution in [0.2, 0.25) is 0 Å². The number of hydrogen-bond acceptors (Lipinski definition) is 4. The fourth-order valence-corrected chi connectivity index (χ4v) is 3.11. The summed E-state index contributed by atoms with van der Waals surface area (Å²) in [5.74, 6) is 0.120. The Balaban J connectivity index is 1.79. The van der Waals surface area contributed by atoms with Crippen LogP contribution in [0.3, 0.4) is 0 Å². The lowest BCUT2D eigenvalue weighted by Gasteiger charge is -2.29. The van der Waals surface area contributed by atoms with Crippen molar-refractivity contribution in [3.8, 4) is 6.07 Å². The lowest BCUT2D eigenvalue weighted by Crippen LogP contribution is -2.41. The van der Waals surface area contributed by atoms with Gasteiger partial charge in [0.1, 0.15) is 11.6 Å². The molecule has 2 aromatic rings. The first kappa shape index (κ1) is 16.1. The van der Waals surface area contributed by atoms with Crippen LogP contribution in [-0.2, 0) is 4.79 Å². The molecular weight excluding hydrogens is 300 g/mol. The summed E-state index contributed by atoms with van der Waals surface area (Å²) >= 11 is 0. The molecule has 0 saturated heterocycles. The molecule has 24 heavy (non-hydrogen) atoms. The molecule has 0 unspecified atom stereocenters. The number of hydrogen-bond donors (Lipinski definition) is 1. The molecule has 5 heteroatoms. The van der Waals surface area contributed by atoms with Crippen LogP contribution in [0.15, 0.2) is 36.0 Å². The molecule has 3 rings (SSSR count). The van der Waals surface area contributed by atoms with E-state index in [1.807, 2.05) is 30.3 Å². The number of para-hydroxylation sites is 2. The summed E-state index contributed by atoms with van der Waals surface area (Å²) in [5.41, 5.74) is 2.10. The van der Waals surface area contributed by atoms with Crippen LogP contribution in [0.25, 0.3) is 17.1 Å². The van der Waals surface area contributed by atoms with E-state index in [9.17, 15) is 10.1 Å². The minimum Gasteiger partial charge on any atom is -0.348 e. The summed E-state index contributed by atoms with van der Waals surface area (Å²) in [6.45, 7) is 2.15. The summed E-state index contributed by atoms with van der Waals surface area (Å²) in [7, 11) is 0. The summed E-state index contributed by atoms with van der Waals surface area (Å²) in [4.78, 5) is 21.2. The maximum absolute atomic E-state index is 12.4. The summed E-state index contributed by atoms with van der Waals surface area (Å²) in [5, 5.41) is 12.3. The second-order valence-electron chi connectivity index (χ2n) is 6.30. The third-order valence-corrected chi connectivity index (χ3v) is 4.55. The van der Waals surface area contributed by atoms with Crippen LogP contribution in [0.5, 0.6) is 0 Å². The molecule has 0 spiro atoms. The molecule has 1 aliphatic carbocycles. The van der Waals surface area contributed by atoms with E-state index in [0.29, 0.717) is 11.6 Å². The first-order valence-corrected chi connectivity index (χ1v) is 8.32. The Labute approximate surface area is 141 Å². The molecule has 0 radical (unpaired) electrons. The zero-order valence-electron chi connectivity index (χ0n) is 13.7. The van der Waals surface area contributed by atoms with Crippen molar-refractivity contribution in [2.24, 2.45) is 5.92 Å². The largest absolute Gasteiger partial charge is 0.348 e. The molecule has 1 N–H and O–H groups in total. The highest BCUT2D eigenvalue weighted by Crippen LogP contribution is 2.24. The van der Waals surface area contributed by atoms with Gasteiger partial charge in [-0.15, -0.1) is 0 Å². The van der Waals surface area contributed by atoms with Gasteiger partial charge < -0.3 is 5.32 Å². The number of amides is 1. The molecule has 0 bridgehead atoms. The van der Waals surface area contributed by atoms with Crippen LogP contribution >= 0.6 is 0 Å². The van der Waals surface area contributed by atoms with Crippen LogP contribution in [0, 0.1) is 17.2 Å². The van der Waals surface area contributed by atoms with Gasteiger partial charge in [0, 0.05) is 6.04 Å². The Morgan fingerprint density at radius 3 is 2.79 bits per heavy atom. The van der Waals surface area contributed by atoms with Crippen molar-refractivity contribution in [2.45, 2.75) is 38.6 Å². The average molecular weight is 320 g/mol. The van der Waals surface area contributed by atoms with E-state index in [2.05, 4.69) is 22.2 Å². The number of rotatable bonds is 3. The maximum Gasteiger partial charge on any atom is 0.262 e. The minimum absolute atomic E-state index is 0.0670. The van der Waals surface area contributed by atoms with Crippen molar-refractivity contribution in [2.75, 3.05) is 0 Å². The fourth-order valence-electron chi connectivity index (χ4n) is 3.11. The highest BCUT2D eigenvalue weighted by atomic mass is 16.1. The van der Waals surface area contributed by atoms with Gasteiger partial charge in [0.25, 0.3) is 5.91 Å². The molecular formula is C19H20N4O. The van der Waals surface area contributed by atoms with E-state index in [1.54, 1.807) is 6.20 Å². The zero-order valence-corrected chi connectivity index (χ0v) is 13.7. The number of carbonyl (C=O) groups is 1. The molecule has 1 amide bonds. The summed E-state index contributed by atoms with van der Waals surface area (Å²) < 4.78 is 0. The third-order valence-electron chi connectivity index (χ3n) is 4.55. The van der Waals surface area contributed by atoms with E-state index in [0.717, 1.165) is 30.3 Å². The number of carbonyl (C=O) groups excluding carboxylic acids is 1. The monoisotopic (exact) mass is 320 g/mol. The number of nitrogens with one attached hydrogen (secondary N) is 1. The summed E-state index contributed by atoms with van der Waals surface area (Å²) in [6, 6.07) is 9.63. The molecule has 1 aliphatic rings. The number of nitrogens with zero attached hydrogens (tertiary/aromatic N) is 3. The van der Waals surface area contributed by atoms with Gasteiger partial charge in [-0.2, -0.15) is 5.26 Å². The van der Waals surface area contributed by atoms with Gasteiger partial charge in [-0.05, 0) is 37.0 Å². The van der Waals surface area contributed by atoms with Gasteiger partial charge >= 0.3 is 0 Å². The molecule has 1 saturated carbocycles. The third kappa shape index (κ3) is 3.60. The molecule has 1 heterocycles. The first-order chi connectivity index (χ1) is 11.7. The van der Waals surface area contributed by atoms with Crippen molar-refractivity contribution >= 4 is 23.0 Å². The van der Waals surface area contributed by atoms with Gasteiger partial charge in [-0.3, -0.25) is 9.78 Å². The lowest BCUT2D eigenvalue weighted by molar-refractivity contribution is -0.118. The zero-order chi connectivity index (χ0) is 16.9. The minimum atomic E-state index is -0.328. The van der Waals surface area contributed by atoms with Gasteiger partial charge in [-0.25, -0.2) is 4.98 Å². The highest BCUT2D eigenvalue weighted by Gasteiger charge is 2.24. The molecule has 2 atom stereocenters. The maximum atomic E-state index is 12.4. The molecule has 5 nitrogen and oxygen atoms in total. The molecule has 122 valence electrons. The Bertz CT molecular complexity index is 821. The van der Waals surface area contributed by atoms with Crippen molar-refractivity contribution < 1.29 is 4.79 Å². The van der Waals surface area contributed by atoms with Crippen molar-refractivity contribution in [3.63, 3.8) is 0 Å². The fraction of sp³-hybridized carbons (Fsp3) is 0.368. The number of benzene rings is 1. The Morgan fingerprint density at radius 2 is 2.04 bits per heavy atom. The van der Waals surface area contributed by atoms with E-state index in [1.165, 1.54) is 12.5 Å². The van der Waals surface area contributed by atoms with Crippen molar-refractivity contribution in [1.29, 1.82) is 5.26 Å². The van der Waals surface area contributed by atoms with Gasteiger partial charge in [0.05, 0.1) is 22.9 Å². The quantitative estimate of drug-likeness (QED) is 0.695. The number of nitriles is 1. The van der Waals surface area contributed by atoms with Crippen molar-refractivity contribution in [1.82, 2.24) is 15.3 Å². The predicted octanol–water partition coefficient (Wildman–Crippen LogP) is 3.23. The Morgan fingerprint density at radius 1 is 1.29 bits per heavy atom. The number of fused-ring (bicyclic) bond motifs is 1. The van der Waals surface area contributed by atoms with Gasteiger partial charge in [-0.1, -0.05) is 31.9 Å². The lowest BCUT2D eigenvalue weighted by atomic mass is 9.86. The summed E-state index contributed by atoms with van der Waals surface area (Å²) in [6.07, 6.45) is 7.50. The second-order valence-corrected chi connectivity index (χ2v) is 6.30.